The van der Waals surface area contributed by atoms with Gasteiger partial charge in [0.2, 0.25) is 0 Å². The van der Waals surface area contributed by atoms with Crippen molar-refractivity contribution in [2.75, 3.05) is 19.5 Å². The Balaban J connectivity index is 1.88. The lowest BCUT2D eigenvalue weighted by atomic mass is 10.0. The Labute approximate surface area is 181 Å². The third kappa shape index (κ3) is 3.80. The molecule has 0 amide bonds. The third-order valence-corrected chi connectivity index (χ3v) is 6.45. The van der Waals surface area contributed by atoms with Crippen molar-refractivity contribution in [1.82, 2.24) is 9.97 Å². The molecule has 148 valence electrons. The SMILES string of the molecule is CCc1sc2ncnc(Nc3ccc(OC)cc3OC)c2c1-c1ccc(Br)cc1. The average Bonchev–Trinajstić information content (AvgIpc) is 3.14. The van der Waals surface area contributed by atoms with E-state index in [4.69, 9.17) is 9.47 Å². The summed E-state index contributed by atoms with van der Waals surface area (Å²) in [5.41, 5.74) is 3.14. The predicted molar refractivity (Wildman–Crippen MR) is 123 cm³/mol. The molecule has 2 aromatic carbocycles. The van der Waals surface area contributed by atoms with Crippen LogP contribution in [-0.2, 0) is 6.42 Å². The fourth-order valence-electron chi connectivity index (χ4n) is 3.27. The summed E-state index contributed by atoms with van der Waals surface area (Å²) in [5.74, 6) is 2.18. The quantitative estimate of drug-likeness (QED) is 0.351. The van der Waals surface area contributed by atoms with Crippen LogP contribution in [0.1, 0.15) is 11.8 Å². The zero-order chi connectivity index (χ0) is 20.4. The highest BCUT2D eigenvalue weighted by molar-refractivity contribution is 9.10. The molecule has 7 heteroatoms. The minimum atomic E-state index is 0.687. The van der Waals surface area contributed by atoms with E-state index in [9.17, 15) is 0 Å². The van der Waals surface area contributed by atoms with Gasteiger partial charge in [0.1, 0.15) is 28.5 Å². The lowest BCUT2D eigenvalue weighted by molar-refractivity contribution is 0.395. The Kier molecular flexibility index (Phi) is 5.69. The normalized spacial score (nSPS) is 10.9. The van der Waals surface area contributed by atoms with Crippen LogP contribution in [0, 0.1) is 0 Å². The number of aromatic nitrogens is 2. The molecule has 0 aliphatic rings. The smallest absolute Gasteiger partial charge is 0.146 e. The number of methoxy groups -OCH3 is 2. The molecule has 0 saturated carbocycles. The number of nitrogens with zero attached hydrogens (tertiary/aromatic N) is 2. The molecule has 0 atom stereocenters. The van der Waals surface area contributed by atoms with Crippen molar-refractivity contribution >= 4 is 49.0 Å². The van der Waals surface area contributed by atoms with E-state index in [1.165, 1.54) is 10.4 Å². The lowest BCUT2D eigenvalue weighted by Gasteiger charge is -2.13. The second kappa shape index (κ2) is 8.39. The van der Waals surface area contributed by atoms with Crippen molar-refractivity contribution in [2.24, 2.45) is 0 Å². The van der Waals surface area contributed by atoms with Crippen molar-refractivity contribution < 1.29 is 9.47 Å². The zero-order valence-corrected chi connectivity index (χ0v) is 18.7. The second-order valence-corrected chi connectivity index (χ2v) is 8.35. The highest BCUT2D eigenvalue weighted by Crippen LogP contribution is 2.43. The van der Waals surface area contributed by atoms with Crippen LogP contribution in [0.4, 0.5) is 11.5 Å². The first-order valence-corrected chi connectivity index (χ1v) is 10.8. The van der Waals surface area contributed by atoms with Crippen molar-refractivity contribution in [2.45, 2.75) is 13.3 Å². The number of aryl methyl sites for hydroxylation is 1. The first kappa shape index (κ1) is 19.7. The molecule has 2 aromatic heterocycles. The van der Waals surface area contributed by atoms with Crippen LogP contribution in [0.2, 0.25) is 0 Å². The maximum absolute atomic E-state index is 5.54. The van der Waals surface area contributed by atoms with Gasteiger partial charge in [0, 0.05) is 21.0 Å². The molecule has 0 unspecified atom stereocenters. The van der Waals surface area contributed by atoms with E-state index < -0.39 is 0 Å². The van der Waals surface area contributed by atoms with Crippen LogP contribution in [0.15, 0.2) is 53.3 Å². The maximum atomic E-state index is 5.54. The van der Waals surface area contributed by atoms with Gasteiger partial charge in [0.05, 0.1) is 25.3 Å². The largest absolute Gasteiger partial charge is 0.497 e. The molecule has 0 aliphatic carbocycles. The molecule has 29 heavy (non-hydrogen) atoms. The van der Waals surface area contributed by atoms with E-state index in [0.29, 0.717) is 5.75 Å². The average molecular weight is 470 g/mol. The molecular formula is C22H20BrN3O2S. The summed E-state index contributed by atoms with van der Waals surface area (Å²) in [4.78, 5) is 11.3. The molecule has 0 fully saturated rings. The number of fused-ring (bicyclic) bond motifs is 1. The number of hydrogen-bond donors (Lipinski definition) is 1. The standard InChI is InChI=1S/C22H20BrN3O2S/c1-4-18-19(13-5-7-14(23)8-6-13)20-21(24-12-25-22(20)29-18)26-16-10-9-15(27-2)11-17(16)28-3/h5-12H,4H2,1-3H3,(H,24,25,26). The van der Waals surface area contributed by atoms with Gasteiger partial charge >= 0.3 is 0 Å². The summed E-state index contributed by atoms with van der Waals surface area (Å²) in [6.07, 6.45) is 2.53. The Morgan fingerprint density at radius 1 is 1.03 bits per heavy atom. The summed E-state index contributed by atoms with van der Waals surface area (Å²) in [7, 11) is 3.28. The summed E-state index contributed by atoms with van der Waals surface area (Å²) >= 11 is 5.23. The van der Waals surface area contributed by atoms with Crippen LogP contribution in [0.25, 0.3) is 21.3 Å². The number of ether oxygens (including phenoxy) is 2. The molecule has 1 N–H and O–H groups in total. The van der Waals surface area contributed by atoms with Crippen molar-refractivity contribution in [3.63, 3.8) is 0 Å². The van der Waals surface area contributed by atoms with Crippen LogP contribution in [0.3, 0.4) is 0 Å². The van der Waals surface area contributed by atoms with Crippen LogP contribution < -0.4 is 14.8 Å². The summed E-state index contributed by atoms with van der Waals surface area (Å²) in [6.45, 7) is 2.17. The zero-order valence-electron chi connectivity index (χ0n) is 16.3. The molecule has 2 heterocycles. The second-order valence-electron chi connectivity index (χ2n) is 6.35. The Morgan fingerprint density at radius 3 is 2.52 bits per heavy atom. The first-order chi connectivity index (χ1) is 14.1. The molecule has 4 rings (SSSR count). The number of hydrogen-bond acceptors (Lipinski definition) is 6. The Morgan fingerprint density at radius 2 is 1.83 bits per heavy atom. The van der Waals surface area contributed by atoms with Gasteiger partial charge in [0.25, 0.3) is 0 Å². The van der Waals surface area contributed by atoms with Crippen LogP contribution >= 0.6 is 27.3 Å². The summed E-state index contributed by atoms with van der Waals surface area (Å²) < 4.78 is 11.9. The molecule has 0 saturated heterocycles. The molecule has 4 aromatic rings. The van der Waals surface area contributed by atoms with Gasteiger partial charge in [-0.05, 0) is 36.2 Å². The van der Waals surface area contributed by atoms with Gasteiger partial charge in [-0.1, -0.05) is 35.0 Å². The fourth-order valence-corrected chi connectivity index (χ4v) is 4.64. The molecular weight excluding hydrogens is 450 g/mol. The maximum Gasteiger partial charge on any atom is 0.146 e. The number of benzene rings is 2. The summed E-state index contributed by atoms with van der Waals surface area (Å²) in [6, 6.07) is 14.0. The first-order valence-electron chi connectivity index (χ1n) is 9.16. The van der Waals surface area contributed by atoms with E-state index >= 15 is 0 Å². The monoisotopic (exact) mass is 469 g/mol. The Bertz CT molecular complexity index is 1160. The highest BCUT2D eigenvalue weighted by Gasteiger charge is 2.19. The number of nitrogens with one attached hydrogen (secondary N) is 1. The topological polar surface area (TPSA) is 56.3 Å². The highest BCUT2D eigenvalue weighted by atomic mass is 79.9. The van der Waals surface area contributed by atoms with Gasteiger partial charge in [0.15, 0.2) is 0 Å². The lowest BCUT2D eigenvalue weighted by Crippen LogP contribution is -1.99. The Hall–Kier alpha value is -2.64. The number of anilines is 2. The van der Waals surface area contributed by atoms with E-state index in [-0.39, 0.29) is 0 Å². The van der Waals surface area contributed by atoms with Crippen molar-refractivity contribution in [3.05, 3.63) is 58.1 Å². The molecule has 0 aliphatic heterocycles. The van der Waals surface area contributed by atoms with Gasteiger partial charge in [-0.25, -0.2) is 9.97 Å². The van der Waals surface area contributed by atoms with Gasteiger partial charge in [-0.3, -0.25) is 0 Å². The fraction of sp³-hybridized carbons (Fsp3) is 0.182. The van der Waals surface area contributed by atoms with Gasteiger partial charge < -0.3 is 14.8 Å². The molecule has 0 bridgehead atoms. The number of rotatable bonds is 6. The van der Waals surface area contributed by atoms with Crippen molar-refractivity contribution in [1.29, 1.82) is 0 Å². The minimum Gasteiger partial charge on any atom is -0.497 e. The number of thiophene rings is 1. The van der Waals surface area contributed by atoms with E-state index in [0.717, 1.165) is 43.9 Å². The molecule has 0 spiro atoms. The molecule has 0 radical (unpaired) electrons. The van der Waals surface area contributed by atoms with E-state index in [1.807, 2.05) is 18.2 Å². The van der Waals surface area contributed by atoms with E-state index in [1.54, 1.807) is 31.9 Å². The van der Waals surface area contributed by atoms with Crippen LogP contribution in [-0.4, -0.2) is 24.2 Å². The van der Waals surface area contributed by atoms with E-state index in [2.05, 4.69) is 62.4 Å². The molecule has 5 nitrogen and oxygen atoms in total. The third-order valence-electron chi connectivity index (χ3n) is 4.68. The summed E-state index contributed by atoms with van der Waals surface area (Å²) in [5, 5.41) is 4.47. The van der Waals surface area contributed by atoms with Gasteiger partial charge in [-0.2, -0.15) is 0 Å². The number of halogens is 1. The van der Waals surface area contributed by atoms with Crippen LogP contribution in [0.5, 0.6) is 11.5 Å². The van der Waals surface area contributed by atoms with Gasteiger partial charge in [-0.15, -0.1) is 11.3 Å². The minimum absolute atomic E-state index is 0.687. The van der Waals surface area contributed by atoms with Crippen molar-refractivity contribution in [3.8, 4) is 22.6 Å². The predicted octanol–water partition coefficient (Wildman–Crippen LogP) is 6.44.